The summed E-state index contributed by atoms with van der Waals surface area (Å²) in [6, 6.07) is -1.07. The summed E-state index contributed by atoms with van der Waals surface area (Å²) in [5, 5.41) is 31.6. The molecule has 0 spiro atoms. The number of hydrogen-bond donors (Lipinski definition) is 4. The van der Waals surface area contributed by atoms with E-state index < -0.39 is 43.2 Å². The summed E-state index contributed by atoms with van der Waals surface area (Å²) in [6.07, 6.45) is -0.0494. The second kappa shape index (κ2) is 14.6. The second-order valence-corrected chi connectivity index (χ2v) is 5.83. The largest absolute Gasteiger partial charge is 0.394 e. The Labute approximate surface area is 163 Å². The molecule has 162 valence electrons. The summed E-state index contributed by atoms with van der Waals surface area (Å²) in [7, 11) is 0. The van der Waals surface area contributed by atoms with Gasteiger partial charge in [-0.1, -0.05) is 5.92 Å². The topological polar surface area (TPSA) is 145 Å². The molecule has 0 bridgehead atoms. The molecule has 0 saturated carbocycles. The van der Waals surface area contributed by atoms with Crippen LogP contribution in [0.15, 0.2) is 0 Å². The van der Waals surface area contributed by atoms with Gasteiger partial charge in [0, 0.05) is 6.92 Å². The maximum atomic E-state index is 11.3. The van der Waals surface area contributed by atoms with Crippen LogP contribution < -0.4 is 5.32 Å². The molecule has 11 nitrogen and oxygen atoms in total. The van der Waals surface area contributed by atoms with E-state index in [2.05, 4.69) is 11.2 Å². The van der Waals surface area contributed by atoms with Gasteiger partial charge in [0.25, 0.3) is 0 Å². The van der Waals surface area contributed by atoms with E-state index in [1.807, 2.05) is 0 Å². The highest BCUT2D eigenvalue weighted by Crippen LogP contribution is 2.22. The van der Waals surface area contributed by atoms with Gasteiger partial charge in [-0.2, -0.15) is 0 Å². The molecule has 0 aromatic heterocycles. The highest BCUT2D eigenvalue weighted by atomic mass is 17.2. The zero-order valence-corrected chi connectivity index (χ0v) is 15.8. The summed E-state index contributed by atoms with van der Waals surface area (Å²) < 4.78 is 20.9. The summed E-state index contributed by atoms with van der Waals surface area (Å²) in [4.78, 5) is 21.3. The Morgan fingerprint density at radius 1 is 1.07 bits per heavy atom. The smallest absolute Gasteiger partial charge is 0.217 e. The average Bonchev–Trinajstić information content (AvgIpc) is 2.67. The summed E-state index contributed by atoms with van der Waals surface area (Å²) >= 11 is 0. The molecular weight excluding hydrogens is 378 g/mol. The predicted octanol–water partition coefficient (Wildman–Crippen LogP) is -2.44. The number of aliphatic hydroxyl groups is 3. The molecule has 0 aromatic carbocycles. The molecule has 1 aliphatic rings. The van der Waals surface area contributed by atoms with Gasteiger partial charge in [0.15, 0.2) is 0 Å². The van der Waals surface area contributed by atoms with Gasteiger partial charge in [-0.05, 0) is 0 Å². The van der Waals surface area contributed by atoms with Crippen LogP contribution in [0.25, 0.3) is 0 Å². The van der Waals surface area contributed by atoms with Gasteiger partial charge in [-0.3, -0.25) is 4.79 Å². The number of carbonyl (C=O) groups excluding carboxylic acids is 1. The quantitative estimate of drug-likeness (QED) is 0.106. The number of ether oxygens (including phenoxy) is 4. The standard InChI is InChI=1S/C17H29NO10/c1-3-4-23-5-6-24-7-8-25-9-10-26-28-17-14(18-12(2)20)16(22)15(21)13(11-19)27-17/h1,13-17,19,21-22H,4-11H2,2H3,(H,18,20)/t13-,14-,15-,16-,17+/m1/s1. The van der Waals surface area contributed by atoms with E-state index in [4.69, 9.17) is 35.1 Å². The Balaban J connectivity index is 2.19. The minimum Gasteiger partial charge on any atom is -0.394 e. The van der Waals surface area contributed by atoms with Gasteiger partial charge in [0.05, 0.1) is 39.6 Å². The molecule has 1 saturated heterocycles. The predicted molar refractivity (Wildman–Crippen MR) is 93.7 cm³/mol. The van der Waals surface area contributed by atoms with Gasteiger partial charge in [0.1, 0.15) is 37.6 Å². The van der Waals surface area contributed by atoms with E-state index >= 15 is 0 Å². The minimum atomic E-state index is -1.40. The van der Waals surface area contributed by atoms with E-state index in [0.717, 1.165) is 0 Å². The molecule has 1 aliphatic heterocycles. The fourth-order valence-corrected chi connectivity index (χ4v) is 2.33. The Morgan fingerprint density at radius 3 is 2.25 bits per heavy atom. The molecule has 1 amide bonds. The molecule has 11 heteroatoms. The number of terminal acetylenes is 1. The second-order valence-electron chi connectivity index (χ2n) is 5.83. The summed E-state index contributed by atoms with van der Waals surface area (Å²) in [6.45, 7) is 2.72. The lowest BCUT2D eigenvalue weighted by atomic mass is 9.97. The average molecular weight is 407 g/mol. The van der Waals surface area contributed by atoms with Crippen LogP contribution in [0.5, 0.6) is 0 Å². The van der Waals surface area contributed by atoms with Gasteiger partial charge in [-0.15, -0.1) is 6.42 Å². The Morgan fingerprint density at radius 2 is 1.68 bits per heavy atom. The van der Waals surface area contributed by atoms with Gasteiger partial charge in [0.2, 0.25) is 12.2 Å². The van der Waals surface area contributed by atoms with Gasteiger partial charge < -0.3 is 39.6 Å². The normalized spacial score (nSPS) is 27.3. The third-order valence-corrected chi connectivity index (χ3v) is 3.65. The monoisotopic (exact) mass is 407 g/mol. The Bertz CT molecular complexity index is 471. The van der Waals surface area contributed by atoms with Crippen LogP contribution in [0, 0.1) is 12.3 Å². The number of nitrogens with one attached hydrogen (secondary N) is 1. The third-order valence-electron chi connectivity index (χ3n) is 3.65. The highest BCUT2D eigenvalue weighted by Gasteiger charge is 2.46. The molecule has 1 fully saturated rings. The van der Waals surface area contributed by atoms with E-state index in [-0.39, 0.29) is 19.8 Å². The molecule has 28 heavy (non-hydrogen) atoms. The number of hydrogen-bond acceptors (Lipinski definition) is 10. The lowest BCUT2D eigenvalue weighted by Gasteiger charge is -2.41. The highest BCUT2D eigenvalue weighted by molar-refractivity contribution is 5.73. The van der Waals surface area contributed by atoms with Gasteiger partial charge in [-0.25, -0.2) is 9.78 Å². The third kappa shape index (κ3) is 9.24. The Hall–Kier alpha value is -1.33. The molecule has 0 aromatic rings. The van der Waals surface area contributed by atoms with Crippen LogP contribution in [0.2, 0.25) is 0 Å². The van der Waals surface area contributed by atoms with Crippen molar-refractivity contribution in [3.63, 3.8) is 0 Å². The SMILES string of the molecule is C#CCOCCOCCOCCOO[C@@H]1O[C@H](CO)[C@@H](O)[C@H](O)[C@H]1NC(C)=O. The van der Waals surface area contributed by atoms with Crippen LogP contribution in [0.3, 0.4) is 0 Å². The Kier molecular flexibility index (Phi) is 12.9. The molecule has 0 radical (unpaired) electrons. The summed E-state index contributed by atoms with van der Waals surface area (Å²) in [5.41, 5.74) is 0. The first-order chi connectivity index (χ1) is 13.5. The maximum Gasteiger partial charge on any atom is 0.217 e. The first-order valence-corrected chi connectivity index (χ1v) is 8.85. The fraction of sp³-hybridized carbons (Fsp3) is 0.824. The van der Waals surface area contributed by atoms with Crippen molar-refractivity contribution < 1.29 is 48.8 Å². The summed E-state index contributed by atoms with van der Waals surface area (Å²) in [5.74, 6) is 1.89. The maximum absolute atomic E-state index is 11.3. The van der Waals surface area contributed by atoms with E-state index in [9.17, 15) is 20.1 Å². The van der Waals surface area contributed by atoms with Crippen molar-refractivity contribution in [1.29, 1.82) is 0 Å². The van der Waals surface area contributed by atoms with Gasteiger partial charge >= 0.3 is 0 Å². The number of aliphatic hydroxyl groups excluding tert-OH is 3. The first kappa shape index (κ1) is 24.7. The number of rotatable bonds is 14. The van der Waals surface area contributed by atoms with Crippen molar-refractivity contribution in [3.8, 4) is 12.3 Å². The molecule has 0 unspecified atom stereocenters. The van der Waals surface area contributed by atoms with Crippen molar-refractivity contribution in [2.45, 2.75) is 37.6 Å². The van der Waals surface area contributed by atoms with E-state index in [1.54, 1.807) is 0 Å². The van der Waals surface area contributed by atoms with Crippen LogP contribution in [0.4, 0.5) is 0 Å². The zero-order valence-electron chi connectivity index (χ0n) is 15.8. The van der Waals surface area contributed by atoms with Crippen LogP contribution in [-0.4, -0.2) is 105 Å². The van der Waals surface area contributed by atoms with Crippen LogP contribution >= 0.6 is 0 Å². The van der Waals surface area contributed by atoms with Crippen LogP contribution in [0.1, 0.15) is 6.92 Å². The first-order valence-electron chi connectivity index (χ1n) is 8.85. The number of carbonyl (C=O) groups is 1. The minimum absolute atomic E-state index is 0.0420. The molecular formula is C17H29NO10. The van der Waals surface area contributed by atoms with Crippen molar-refractivity contribution in [3.05, 3.63) is 0 Å². The molecule has 0 aliphatic carbocycles. The van der Waals surface area contributed by atoms with Crippen molar-refractivity contribution in [2.24, 2.45) is 0 Å². The lowest BCUT2D eigenvalue weighted by molar-refractivity contribution is -0.412. The molecule has 1 heterocycles. The van der Waals surface area contributed by atoms with E-state index in [0.29, 0.717) is 26.4 Å². The molecule has 1 rings (SSSR count). The molecule has 4 N–H and O–H groups in total. The van der Waals surface area contributed by atoms with Crippen molar-refractivity contribution in [1.82, 2.24) is 5.32 Å². The zero-order chi connectivity index (χ0) is 20.8. The van der Waals surface area contributed by atoms with Crippen LogP contribution in [-0.2, 0) is 33.5 Å². The molecule has 5 atom stereocenters. The van der Waals surface area contributed by atoms with Crippen molar-refractivity contribution in [2.75, 3.05) is 52.9 Å². The van der Waals surface area contributed by atoms with E-state index in [1.165, 1.54) is 6.92 Å². The van der Waals surface area contributed by atoms with Crippen molar-refractivity contribution >= 4 is 5.91 Å². The fourth-order valence-electron chi connectivity index (χ4n) is 2.33. The number of amides is 1. The lowest BCUT2D eigenvalue weighted by Crippen LogP contribution is -2.64.